The highest BCUT2D eigenvalue weighted by atomic mass is 35.5. The van der Waals surface area contributed by atoms with Crippen molar-refractivity contribution in [2.75, 3.05) is 24.5 Å². The van der Waals surface area contributed by atoms with Crippen molar-refractivity contribution in [1.29, 1.82) is 0 Å². The Labute approximate surface area is 198 Å². The number of ether oxygens (including phenoxy) is 2. The van der Waals surface area contributed by atoms with Crippen molar-refractivity contribution in [1.82, 2.24) is 19.7 Å². The molecule has 1 saturated heterocycles. The summed E-state index contributed by atoms with van der Waals surface area (Å²) in [7, 11) is 0. The Morgan fingerprint density at radius 2 is 2.00 bits per heavy atom. The number of rotatable bonds is 3. The number of alkyl halides is 3. The Morgan fingerprint density at radius 3 is 2.59 bits per heavy atom. The van der Waals surface area contributed by atoms with Gasteiger partial charge in [-0.15, -0.1) is 13.2 Å². The summed E-state index contributed by atoms with van der Waals surface area (Å²) in [6.07, 6.45) is -2.31. The molecule has 1 aliphatic rings. The van der Waals surface area contributed by atoms with Gasteiger partial charge in [-0.3, -0.25) is 0 Å². The average Bonchev–Trinajstić information content (AvgIpc) is 3.38. The van der Waals surface area contributed by atoms with Gasteiger partial charge in [0.1, 0.15) is 11.3 Å². The number of amides is 1. The molecule has 4 rings (SSSR count). The zero-order valence-electron chi connectivity index (χ0n) is 18.9. The lowest BCUT2D eigenvalue weighted by Crippen LogP contribution is -2.54. The maximum Gasteiger partial charge on any atom is 0.573 e. The molecule has 0 N–H and O–H groups in total. The van der Waals surface area contributed by atoms with Gasteiger partial charge in [0, 0.05) is 38.1 Å². The van der Waals surface area contributed by atoms with Gasteiger partial charge in [-0.1, -0.05) is 11.6 Å². The van der Waals surface area contributed by atoms with Crippen LogP contribution < -0.4 is 9.64 Å². The second kappa shape index (κ2) is 8.57. The molecule has 1 atom stereocenters. The molecule has 0 bridgehead atoms. The van der Waals surface area contributed by atoms with E-state index in [1.807, 2.05) is 6.92 Å². The molecule has 1 aromatic carbocycles. The Bertz CT molecular complexity index is 1190. The lowest BCUT2D eigenvalue weighted by molar-refractivity contribution is -0.274. The Kier molecular flexibility index (Phi) is 6.05. The van der Waals surface area contributed by atoms with E-state index in [9.17, 15) is 18.0 Å². The van der Waals surface area contributed by atoms with E-state index in [1.165, 1.54) is 16.9 Å². The lowest BCUT2D eigenvalue weighted by atomic mass is 10.2. The highest BCUT2D eigenvalue weighted by molar-refractivity contribution is 6.33. The van der Waals surface area contributed by atoms with Crippen molar-refractivity contribution in [2.45, 2.75) is 45.7 Å². The molecular weight excluding hydrogens is 479 g/mol. The van der Waals surface area contributed by atoms with Crippen LogP contribution in [0.3, 0.4) is 0 Å². The molecule has 34 heavy (non-hydrogen) atoms. The molecule has 0 unspecified atom stereocenters. The number of aromatic nitrogens is 3. The summed E-state index contributed by atoms with van der Waals surface area (Å²) in [4.78, 5) is 20.1. The first-order valence-electron chi connectivity index (χ1n) is 10.5. The first-order valence-corrected chi connectivity index (χ1v) is 10.8. The van der Waals surface area contributed by atoms with E-state index in [2.05, 4.69) is 14.8 Å². The van der Waals surface area contributed by atoms with Crippen molar-refractivity contribution in [2.24, 2.45) is 0 Å². The maximum atomic E-state index is 13.1. The van der Waals surface area contributed by atoms with Crippen LogP contribution in [0.15, 0.2) is 28.9 Å². The third-order valence-electron chi connectivity index (χ3n) is 5.04. The minimum Gasteiger partial charge on any atom is -0.444 e. The number of nitrogens with zero attached hydrogens (tertiary/aromatic N) is 5. The Balaban J connectivity index is 1.69. The standard InChI is InChI=1S/C21H23ClF3N5O4/c1-12-11-28(19(31)34-20(2,3)4)8-9-29(12)18-27-15-16(33-21(23,24)25)13(22)10-14(17(15)32-18)30-7-5-6-26-30/h5-7,10,12H,8-9,11H2,1-4H3/t12-/m1/s1. The molecular formula is C21H23ClF3N5O4. The number of carbonyl (C=O) groups excluding carboxylic acids is 1. The second-order valence-electron chi connectivity index (χ2n) is 8.85. The molecule has 1 fully saturated rings. The number of fused-ring (bicyclic) bond motifs is 1. The van der Waals surface area contributed by atoms with Gasteiger partial charge in [0.25, 0.3) is 6.01 Å². The number of halogens is 4. The second-order valence-corrected chi connectivity index (χ2v) is 9.26. The predicted molar refractivity (Wildman–Crippen MR) is 117 cm³/mol. The van der Waals surface area contributed by atoms with Gasteiger partial charge in [-0.05, 0) is 39.8 Å². The molecule has 13 heteroatoms. The number of hydrogen-bond donors (Lipinski definition) is 0. The van der Waals surface area contributed by atoms with Crippen LogP contribution in [0.5, 0.6) is 5.75 Å². The quantitative estimate of drug-likeness (QED) is 0.498. The third-order valence-corrected chi connectivity index (χ3v) is 5.32. The van der Waals surface area contributed by atoms with Crippen LogP contribution in [0.4, 0.5) is 24.0 Å². The molecule has 0 aliphatic carbocycles. The highest BCUT2D eigenvalue weighted by Crippen LogP contribution is 2.42. The molecule has 184 valence electrons. The summed E-state index contributed by atoms with van der Waals surface area (Å²) in [6.45, 7) is 8.15. The average molecular weight is 502 g/mol. The van der Waals surface area contributed by atoms with Crippen LogP contribution >= 0.6 is 11.6 Å². The number of piperazine rings is 1. The first-order chi connectivity index (χ1) is 15.8. The molecule has 1 amide bonds. The van der Waals surface area contributed by atoms with Crippen LogP contribution in [-0.2, 0) is 4.74 Å². The molecule has 3 heterocycles. The van der Waals surface area contributed by atoms with Gasteiger partial charge in [0.2, 0.25) is 0 Å². The van der Waals surface area contributed by atoms with Crippen molar-refractivity contribution in [3.05, 3.63) is 29.5 Å². The fraction of sp³-hybridized carbons (Fsp3) is 0.476. The lowest BCUT2D eigenvalue weighted by Gasteiger charge is -2.39. The number of hydrogen-bond acceptors (Lipinski definition) is 7. The van der Waals surface area contributed by atoms with Crippen molar-refractivity contribution in [3.8, 4) is 11.4 Å². The molecule has 9 nitrogen and oxygen atoms in total. The Hall–Kier alpha value is -3.15. The van der Waals surface area contributed by atoms with Crippen LogP contribution in [-0.4, -0.2) is 63.4 Å². The van der Waals surface area contributed by atoms with E-state index in [1.54, 1.807) is 42.8 Å². The maximum absolute atomic E-state index is 13.1. The number of carbonyl (C=O) groups is 1. The normalized spacial score (nSPS) is 17.4. The minimum atomic E-state index is -4.98. The number of oxazole rings is 1. The third kappa shape index (κ3) is 5.01. The summed E-state index contributed by atoms with van der Waals surface area (Å²) >= 11 is 6.14. The van der Waals surface area contributed by atoms with Gasteiger partial charge in [-0.25, -0.2) is 9.48 Å². The van der Waals surface area contributed by atoms with Gasteiger partial charge in [0.05, 0.1) is 5.02 Å². The minimum absolute atomic E-state index is 0.0316. The summed E-state index contributed by atoms with van der Waals surface area (Å²) in [5, 5.41) is 3.82. The molecule has 0 radical (unpaired) electrons. The van der Waals surface area contributed by atoms with Crippen LogP contribution in [0, 0.1) is 0 Å². The molecule has 0 spiro atoms. The number of anilines is 1. The monoisotopic (exact) mass is 501 g/mol. The topological polar surface area (TPSA) is 85.9 Å². The van der Waals surface area contributed by atoms with Gasteiger partial charge in [-0.2, -0.15) is 10.1 Å². The fourth-order valence-corrected chi connectivity index (χ4v) is 3.88. The predicted octanol–water partition coefficient (Wildman–Crippen LogP) is 5.01. The summed E-state index contributed by atoms with van der Waals surface area (Å²) in [5.41, 5.74) is -0.482. The van der Waals surface area contributed by atoms with E-state index in [-0.39, 0.29) is 28.2 Å². The summed E-state index contributed by atoms with van der Waals surface area (Å²) < 4.78 is 56.1. The number of benzene rings is 1. The highest BCUT2D eigenvalue weighted by Gasteiger charge is 2.36. The van der Waals surface area contributed by atoms with Gasteiger partial charge >= 0.3 is 12.5 Å². The van der Waals surface area contributed by atoms with E-state index in [0.29, 0.717) is 25.3 Å². The SMILES string of the molecule is C[C@@H]1CN(C(=O)OC(C)(C)C)CCN1c1nc2c(OC(F)(F)F)c(Cl)cc(-n3cccn3)c2o1. The summed E-state index contributed by atoms with van der Waals surface area (Å²) in [6, 6.07) is 2.74. The fourth-order valence-electron chi connectivity index (χ4n) is 3.65. The molecule has 3 aromatic rings. The first kappa shape index (κ1) is 24.0. The Morgan fingerprint density at radius 1 is 1.26 bits per heavy atom. The van der Waals surface area contributed by atoms with Crippen LogP contribution in [0.25, 0.3) is 16.8 Å². The summed E-state index contributed by atoms with van der Waals surface area (Å²) in [5.74, 6) is -0.657. The van der Waals surface area contributed by atoms with Gasteiger partial charge in [0.15, 0.2) is 16.8 Å². The largest absolute Gasteiger partial charge is 0.573 e. The molecule has 1 aliphatic heterocycles. The van der Waals surface area contributed by atoms with Crippen molar-refractivity contribution in [3.63, 3.8) is 0 Å². The van der Waals surface area contributed by atoms with E-state index in [0.717, 1.165) is 0 Å². The van der Waals surface area contributed by atoms with Crippen molar-refractivity contribution >= 4 is 34.8 Å². The smallest absolute Gasteiger partial charge is 0.444 e. The van der Waals surface area contributed by atoms with Gasteiger partial charge < -0.3 is 23.7 Å². The van der Waals surface area contributed by atoms with Crippen molar-refractivity contribution < 1.29 is 31.9 Å². The van der Waals surface area contributed by atoms with Crippen LogP contribution in [0.1, 0.15) is 27.7 Å². The molecule has 0 saturated carbocycles. The van der Waals surface area contributed by atoms with E-state index in [4.69, 9.17) is 20.8 Å². The van der Waals surface area contributed by atoms with E-state index >= 15 is 0 Å². The van der Waals surface area contributed by atoms with Crippen LogP contribution in [0.2, 0.25) is 5.02 Å². The molecule has 2 aromatic heterocycles. The zero-order chi connectivity index (χ0) is 24.8. The zero-order valence-corrected chi connectivity index (χ0v) is 19.6. The van der Waals surface area contributed by atoms with E-state index < -0.39 is 23.8 Å².